The van der Waals surface area contributed by atoms with Gasteiger partial charge in [-0.15, -0.1) is 0 Å². The Balaban J connectivity index is 3.66. The third-order valence-electron chi connectivity index (χ3n) is 6.71. The summed E-state index contributed by atoms with van der Waals surface area (Å²) in [6.07, 6.45) is 36.4. The zero-order chi connectivity index (χ0) is 34.0. The molecule has 0 fully saturated rings. The molecule has 0 aliphatic rings. The maximum absolute atomic E-state index is 12.0. The van der Waals surface area contributed by atoms with Crippen LogP contribution in [-0.2, 0) is 27.9 Å². The van der Waals surface area contributed by atoms with E-state index in [4.69, 9.17) is 13.8 Å². The summed E-state index contributed by atoms with van der Waals surface area (Å²) in [4.78, 5) is 33.3. The highest BCUT2D eigenvalue weighted by molar-refractivity contribution is 7.47. The van der Waals surface area contributed by atoms with Crippen molar-refractivity contribution in [2.75, 3.05) is 26.4 Å². The Morgan fingerprint density at radius 3 is 1.87 bits per heavy atom. The molecular weight excluding hydrogens is 605 g/mol. The molecule has 0 aliphatic carbocycles. The molecule has 0 heterocycles. The third-order valence-corrected chi connectivity index (χ3v) is 7.70. The summed E-state index contributed by atoms with van der Waals surface area (Å²) in [5.74, 6) is -0.561. The Labute approximate surface area is 278 Å². The van der Waals surface area contributed by atoms with E-state index < -0.39 is 26.5 Å². The molecule has 46 heavy (non-hydrogen) atoms. The highest BCUT2D eigenvalue weighted by Crippen LogP contribution is 2.42. The van der Waals surface area contributed by atoms with Crippen molar-refractivity contribution in [2.24, 2.45) is 0 Å². The summed E-state index contributed by atoms with van der Waals surface area (Å²) >= 11 is 0. The molecule has 0 aliphatic heterocycles. The molecule has 0 aromatic heterocycles. The Morgan fingerprint density at radius 1 is 0.696 bits per heavy atom. The summed E-state index contributed by atoms with van der Waals surface area (Å²) in [7, 11) is -4.40. The predicted octanol–water partition coefficient (Wildman–Crippen LogP) is 8.59. The number of amides is 1. The summed E-state index contributed by atoms with van der Waals surface area (Å²) in [6.45, 7) is 3.23. The van der Waals surface area contributed by atoms with Gasteiger partial charge in [0.2, 0.25) is 5.91 Å². The number of esters is 1. The number of aliphatic hydroxyl groups is 1. The number of unbranched alkanes of at least 4 members (excludes halogenated alkanes) is 8. The highest BCUT2D eigenvalue weighted by Gasteiger charge is 2.23. The average molecular weight is 668 g/mol. The van der Waals surface area contributed by atoms with Crippen molar-refractivity contribution >= 4 is 19.7 Å². The number of phosphoric acid groups is 1. The molecule has 1 amide bonds. The number of carbonyl (C=O) groups is 2. The van der Waals surface area contributed by atoms with Gasteiger partial charge in [-0.1, -0.05) is 113 Å². The van der Waals surface area contributed by atoms with E-state index >= 15 is 0 Å². The molecule has 9 nitrogen and oxygen atoms in total. The summed E-state index contributed by atoms with van der Waals surface area (Å²) in [5.41, 5.74) is 0. The van der Waals surface area contributed by atoms with Gasteiger partial charge < -0.3 is 20.1 Å². The van der Waals surface area contributed by atoms with Crippen LogP contribution >= 0.6 is 7.82 Å². The van der Waals surface area contributed by atoms with Gasteiger partial charge in [-0.05, 0) is 57.8 Å². The number of rotatable bonds is 31. The molecule has 0 saturated heterocycles. The van der Waals surface area contributed by atoms with Crippen LogP contribution in [0, 0.1) is 0 Å². The molecule has 2 atom stereocenters. The number of aliphatic hydroxyl groups excluding tert-OH is 1. The van der Waals surface area contributed by atoms with Crippen molar-refractivity contribution in [3.63, 3.8) is 0 Å². The van der Waals surface area contributed by atoms with Gasteiger partial charge in [0.1, 0.15) is 12.7 Å². The van der Waals surface area contributed by atoms with E-state index in [0.29, 0.717) is 6.42 Å². The van der Waals surface area contributed by atoms with Crippen LogP contribution in [0.5, 0.6) is 0 Å². The van der Waals surface area contributed by atoms with E-state index in [-0.39, 0.29) is 32.1 Å². The monoisotopic (exact) mass is 667 g/mol. The minimum Gasteiger partial charge on any atom is -0.463 e. The lowest BCUT2D eigenvalue weighted by Crippen LogP contribution is -2.27. The molecule has 0 radical (unpaired) electrons. The molecule has 0 saturated carbocycles. The average Bonchev–Trinajstić information content (AvgIpc) is 3.04. The van der Waals surface area contributed by atoms with Gasteiger partial charge in [0.05, 0.1) is 13.2 Å². The lowest BCUT2D eigenvalue weighted by Gasteiger charge is -2.15. The molecule has 0 bridgehead atoms. The molecule has 0 aromatic rings. The maximum atomic E-state index is 12.0. The molecule has 264 valence electrons. The lowest BCUT2D eigenvalue weighted by molar-refractivity contribution is -0.147. The van der Waals surface area contributed by atoms with Crippen LogP contribution in [0.4, 0.5) is 0 Å². The third kappa shape index (κ3) is 33.1. The molecule has 3 N–H and O–H groups in total. The van der Waals surface area contributed by atoms with Crippen molar-refractivity contribution < 1.29 is 37.9 Å². The Bertz CT molecular complexity index is 944. The van der Waals surface area contributed by atoms with Gasteiger partial charge in [0, 0.05) is 19.4 Å². The summed E-state index contributed by atoms with van der Waals surface area (Å²) < 4.78 is 26.5. The smallest absolute Gasteiger partial charge is 0.463 e. The van der Waals surface area contributed by atoms with Crippen LogP contribution in [0.15, 0.2) is 60.8 Å². The normalized spacial score (nSPS) is 14.3. The number of carbonyl (C=O) groups excluding carboxylic acids is 2. The van der Waals surface area contributed by atoms with Crippen molar-refractivity contribution in [2.45, 2.75) is 129 Å². The quantitative estimate of drug-likeness (QED) is 0.0290. The van der Waals surface area contributed by atoms with E-state index in [0.717, 1.165) is 96.3 Å². The van der Waals surface area contributed by atoms with E-state index in [1.165, 1.54) is 0 Å². The largest absolute Gasteiger partial charge is 0.472 e. The molecule has 0 spiro atoms. The van der Waals surface area contributed by atoms with Gasteiger partial charge in [-0.2, -0.15) is 0 Å². The van der Waals surface area contributed by atoms with E-state index in [9.17, 15) is 24.2 Å². The van der Waals surface area contributed by atoms with E-state index in [2.05, 4.69) is 79.9 Å². The zero-order valence-corrected chi connectivity index (χ0v) is 29.4. The fourth-order valence-electron chi connectivity index (χ4n) is 4.11. The van der Waals surface area contributed by atoms with Crippen LogP contribution in [0.25, 0.3) is 0 Å². The first-order chi connectivity index (χ1) is 22.3. The van der Waals surface area contributed by atoms with Crippen LogP contribution < -0.4 is 5.32 Å². The zero-order valence-electron chi connectivity index (χ0n) is 28.5. The Hall–Kier alpha value is -2.29. The lowest BCUT2D eigenvalue weighted by atomic mass is 10.1. The van der Waals surface area contributed by atoms with E-state index in [1.807, 2.05) is 0 Å². The number of phosphoric ester groups is 1. The van der Waals surface area contributed by atoms with Gasteiger partial charge in [-0.25, -0.2) is 4.57 Å². The number of hydrogen-bond acceptors (Lipinski definition) is 7. The number of allylic oxidation sites excluding steroid dienone is 10. The van der Waals surface area contributed by atoms with Crippen LogP contribution in [0.1, 0.15) is 123 Å². The standard InChI is InChI=1S/C36H62NO8P/c1-3-5-7-9-10-11-12-13-14-15-16-17-18-19-20-21-22-23-24-25-26-28-35(39)37-30-31-44-46(41,42)45-33-34(38)32-43-36(40)29-27-8-6-4-2/h5,7,10-11,13-14,16-17,19-20,34,38H,3-4,6,8-9,12,15,18,21-33H2,1-2H3,(H,37,39)(H,41,42)/b7-5-,11-10-,14-13-,17-16-,20-19-. The second-order valence-electron chi connectivity index (χ2n) is 11.1. The second-order valence-corrected chi connectivity index (χ2v) is 12.6. The van der Waals surface area contributed by atoms with Crippen molar-refractivity contribution in [3.8, 4) is 0 Å². The molecule has 0 rings (SSSR count). The maximum Gasteiger partial charge on any atom is 0.472 e. The van der Waals surface area contributed by atoms with Crippen molar-refractivity contribution in [1.29, 1.82) is 0 Å². The first kappa shape index (κ1) is 43.7. The predicted molar refractivity (Wildman–Crippen MR) is 187 cm³/mol. The van der Waals surface area contributed by atoms with Crippen molar-refractivity contribution in [3.05, 3.63) is 60.8 Å². The fraction of sp³-hybridized carbons (Fsp3) is 0.667. The number of ether oxygens (including phenoxy) is 1. The van der Waals surface area contributed by atoms with Crippen LogP contribution in [0.2, 0.25) is 0 Å². The fourth-order valence-corrected chi connectivity index (χ4v) is 4.87. The van der Waals surface area contributed by atoms with Gasteiger partial charge >= 0.3 is 13.8 Å². The molecule has 2 unspecified atom stereocenters. The Morgan fingerprint density at radius 2 is 1.24 bits per heavy atom. The van der Waals surface area contributed by atoms with Gasteiger partial charge in [0.15, 0.2) is 0 Å². The summed E-state index contributed by atoms with van der Waals surface area (Å²) in [6, 6.07) is 0. The van der Waals surface area contributed by atoms with Crippen LogP contribution in [-0.4, -0.2) is 54.3 Å². The minimum absolute atomic E-state index is 0.0676. The first-order valence-corrected chi connectivity index (χ1v) is 18.8. The van der Waals surface area contributed by atoms with Gasteiger partial charge in [0.25, 0.3) is 0 Å². The minimum atomic E-state index is -4.40. The Kier molecular flexibility index (Phi) is 31.0. The number of nitrogens with one attached hydrogen (secondary N) is 1. The van der Waals surface area contributed by atoms with Crippen LogP contribution in [0.3, 0.4) is 0 Å². The van der Waals surface area contributed by atoms with Gasteiger partial charge in [-0.3, -0.25) is 18.6 Å². The van der Waals surface area contributed by atoms with E-state index in [1.54, 1.807) is 0 Å². The molecule has 10 heteroatoms. The molecule has 0 aromatic carbocycles. The molecular formula is C36H62NO8P. The van der Waals surface area contributed by atoms with Crippen molar-refractivity contribution in [1.82, 2.24) is 5.32 Å². The number of hydrogen-bond donors (Lipinski definition) is 3. The summed E-state index contributed by atoms with van der Waals surface area (Å²) in [5, 5.41) is 12.5. The topological polar surface area (TPSA) is 131 Å². The second kappa shape index (κ2) is 32.6. The first-order valence-electron chi connectivity index (χ1n) is 17.3. The SMILES string of the molecule is CC/C=C\C/C=C\C/C=C\C/C=C\C/C=C\CCCCCCCC(=O)NCCOP(=O)(O)OCC(O)COC(=O)CCCCCC. The highest BCUT2D eigenvalue weighted by atomic mass is 31.2.